The maximum atomic E-state index is 12.3. The van der Waals surface area contributed by atoms with E-state index in [0.29, 0.717) is 17.0 Å². The molecular formula is C14H14BrNO3S. The molecule has 2 aromatic carbocycles. The molecule has 0 spiro atoms. The van der Waals surface area contributed by atoms with E-state index in [2.05, 4.69) is 15.9 Å². The summed E-state index contributed by atoms with van der Waals surface area (Å²) in [4.78, 5) is 0.251. The number of methoxy groups -OCH3 is 1. The van der Waals surface area contributed by atoms with Crippen LogP contribution < -0.4 is 10.5 Å². The van der Waals surface area contributed by atoms with Crippen molar-refractivity contribution >= 4 is 31.5 Å². The molecule has 0 aliphatic carbocycles. The van der Waals surface area contributed by atoms with Crippen LogP contribution in [0, 0.1) is 0 Å². The van der Waals surface area contributed by atoms with Gasteiger partial charge in [-0.3, -0.25) is 0 Å². The first kappa shape index (κ1) is 14.9. The highest BCUT2D eigenvalue weighted by molar-refractivity contribution is 9.10. The highest BCUT2D eigenvalue weighted by Gasteiger charge is 2.17. The number of sulfone groups is 1. The van der Waals surface area contributed by atoms with Crippen LogP contribution in [0.15, 0.2) is 51.8 Å². The van der Waals surface area contributed by atoms with Crippen molar-refractivity contribution < 1.29 is 13.2 Å². The zero-order valence-corrected chi connectivity index (χ0v) is 13.2. The quantitative estimate of drug-likeness (QED) is 0.855. The van der Waals surface area contributed by atoms with Crippen molar-refractivity contribution in [1.82, 2.24) is 0 Å². The molecule has 0 aromatic heterocycles. The number of halogens is 1. The van der Waals surface area contributed by atoms with Gasteiger partial charge >= 0.3 is 0 Å². The van der Waals surface area contributed by atoms with Gasteiger partial charge in [-0.05, 0) is 42.0 Å². The Bertz CT molecular complexity index is 712. The molecule has 20 heavy (non-hydrogen) atoms. The summed E-state index contributed by atoms with van der Waals surface area (Å²) in [5, 5.41) is 0. The Morgan fingerprint density at radius 1 is 1.15 bits per heavy atom. The lowest BCUT2D eigenvalue weighted by atomic mass is 10.2. The summed E-state index contributed by atoms with van der Waals surface area (Å²) in [6.07, 6.45) is 0. The van der Waals surface area contributed by atoms with E-state index < -0.39 is 9.84 Å². The molecule has 2 rings (SSSR count). The van der Waals surface area contributed by atoms with Gasteiger partial charge in [-0.25, -0.2) is 8.42 Å². The van der Waals surface area contributed by atoms with E-state index in [1.54, 1.807) is 30.3 Å². The molecule has 0 bridgehead atoms. The monoisotopic (exact) mass is 355 g/mol. The molecule has 0 aliphatic heterocycles. The molecule has 0 unspecified atom stereocenters. The fourth-order valence-corrected chi connectivity index (χ4v) is 3.54. The van der Waals surface area contributed by atoms with Gasteiger partial charge in [-0.1, -0.05) is 22.0 Å². The molecule has 0 amide bonds. The summed E-state index contributed by atoms with van der Waals surface area (Å²) in [5.41, 5.74) is 6.88. The lowest BCUT2D eigenvalue weighted by Crippen LogP contribution is -2.07. The van der Waals surface area contributed by atoms with E-state index in [1.807, 2.05) is 0 Å². The largest absolute Gasteiger partial charge is 0.497 e. The molecule has 0 saturated carbocycles. The lowest BCUT2D eigenvalue weighted by molar-refractivity contribution is 0.414. The first-order valence-corrected chi connectivity index (χ1v) is 8.27. The van der Waals surface area contributed by atoms with Crippen molar-refractivity contribution in [2.75, 3.05) is 12.8 Å². The number of anilines is 1. The molecule has 0 heterocycles. The average molecular weight is 356 g/mol. The van der Waals surface area contributed by atoms with Crippen molar-refractivity contribution in [1.29, 1.82) is 0 Å². The van der Waals surface area contributed by atoms with Crippen LogP contribution in [0.3, 0.4) is 0 Å². The molecule has 2 N–H and O–H groups in total. The number of nitrogens with two attached hydrogens (primary N) is 1. The molecule has 6 heteroatoms. The van der Waals surface area contributed by atoms with Crippen LogP contribution in [-0.2, 0) is 15.6 Å². The standard InChI is InChI=1S/C14H14BrNO3S/c1-19-12-4-6-13(7-5-12)20(17,18)9-10-2-3-11(15)8-14(10)16/h2-8H,9,16H2,1H3. The van der Waals surface area contributed by atoms with Gasteiger partial charge in [0.15, 0.2) is 9.84 Å². The van der Waals surface area contributed by atoms with E-state index in [0.717, 1.165) is 4.47 Å². The molecule has 4 nitrogen and oxygen atoms in total. The summed E-state index contributed by atoms with van der Waals surface area (Å²) in [6.45, 7) is 0. The van der Waals surface area contributed by atoms with Crippen molar-refractivity contribution in [3.63, 3.8) is 0 Å². The number of benzene rings is 2. The maximum absolute atomic E-state index is 12.3. The number of nitrogen functional groups attached to an aromatic ring is 1. The minimum atomic E-state index is -3.42. The van der Waals surface area contributed by atoms with Gasteiger partial charge in [0.25, 0.3) is 0 Å². The summed E-state index contributed by atoms with van der Waals surface area (Å²) >= 11 is 3.29. The Labute approximate surface area is 126 Å². The van der Waals surface area contributed by atoms with Gasteiger partial charge in [0.1, 0.15) is 5.75 Å². The highest BCUT2D eigenvalue weighted by atomic mass is 79.9. The van der Waals surface area contributed by atoms with Crippen molar-refractivity contribution in [3.8, 4) is 5.75 Å². The van der Waals surface area contributed by atoms with E-state index in [-0.39, 0.29) is 10.6 Å². The first-order chi connectivity index (χ1) is 9.42. The molecule has 106 valence electrons. The van der Waals surface area contributed by atoms with Crippen molar-refractivity contribution in [2.24, 2.45) is 0 Å². The zero-order chi connectivity index (χ0) is 14.8. The number of hydrogen-bond donors (Lipinski definition) is 1. The van der Waals surface area contributed by atoms with Crippen LogP contribution >= 0.6 is 15.9 Å². The predicted molar refractivity (Wildman–Crippen MR) is 82.4 cm³/mol. The van der Waals surface area contributed by atoms with Crippen LogP contribution in [0.5, 0.6) is 5.75 Å². The highest BCUT2D eigenvalue weighted by Crippen LogP contribution is 2.24. The maximum Gasteiger partial charge on any atom is 0.182 e. The van der Waals surface area contributed by atoms with E-state index >= 15 is 0 Å². The number of ether oxygens (including phenoxy) is 1. The summed E-state index contributed by atoms with van der Waals surface area (Å²) in [5.74, 6) is 0.491. The Kier molecular flexibility index (Phi) is 4.35. The van der Waals surface area contributed by atoms with Crippen LogP contribution in [0.1, 0.15) is 5.56 Å². The normalized spacial score (nSPS) is 11.3. The Balaban J connectivity index is 2.30. The topological polar surface area (TPSA) is 69.4 Å². The number of rotatable bonds is 4. The molecular weight excluding hydrogens is 342 g/mol. The predicted octanol–water partition coefficient (Wildman–Crippen LogP) is 3.01. The third-order valence-electron chi connectivity index (χ3n) is 2.87. The molecule has 0 fully saturated rings. The second-order valence-electron chi connectivity index (χ2n) is 4.28. The number of hydrogen-bond acceptors (Lipinski definition) is 4. The smallest absolute Gasteiger partial charge is 0.182 e. The third kappa shape index (κ3) is 3.32. The summed E-state index contributed by atoms with van der Waals surface area (Å²) in [7, 11) is -1.89. The molecule has 0 aliphatic rings. The minimum Gasteiger partial charge on any atom is -0.497 e. The Hall–Kier alpha value is -1.53. The van der Waals surface area contributed by atoms with Gasteiger partial charge < -0.3 is 10.5 Å². The molecule has 0 atom stereocenters. The Morgan fingerprint density at radius 2 is 1.80 bits per heavy atom. The summed E-state index contributed by atoms with van der Waals surface area (Å²) < 4.78 is 30.5. The molecule has 0 radical (unpaired) electrons. The fourth-order valence-electron chi connectivity index (χ4n) is 1.77. The van der Waals surface area contributed by atoms with Crippen LogP contribution in [0.2, 0.25) is 0 Å². The molecule has 2 aromatic rings. The average Bonchev–Trinajstić information content (AvgIpc) is 2.42. The van der Waals surface area contributed by atoms with E-state index in [9.17, 15) is 8.42 Å². The van der Waals surface area contributed by atoms with Gasteiger partial charge in [0.2, 0.25) is 0 Å². The van der Waals surface area contributed by atoms with Gasteiger partial charge in [-0.15, -0.1) is 0 Å². The second-order valence-corrected chi connectivity index (χ2v) is 7.18. The Morgan fingerprint density at radius 3 is 2.35 bits per heavy atom. The van der Waals surface area contributed by atoms with Crippen LogP contribution in [0.25, 0.3) is 0 Å². The third-order valence-corrected chi connectivity index (χ3v) is 5.05. The first-order valence-electron chi connectivity index (χ1n) is 5.83. The van der Waals surface area contributed by atoms with Crippen molar-refractivity contribution in [2.45, 2.75) is 10.6 Å². The fraction of sp³-hybridized carbons (Fsp3) is 0.143. The van der Waals surface area contributed by atoms with Crippen molar-refractivity contribution in [3.05, 3.63) is 52.5 Å². The van der Waals surface area contributed by atoms with Gasteiger partial charge in [0, 0.05) is 10.2 Å². The van der Waals surface area contributed by atoms with Gasteiger partial charge in [0.05, 0.1) is 17.8 Å². The van der Waals surface area contributed by atoms with Crippen LogP contribution in [0.4, 0.5) is 5.69 Å². The lowest BCUT2D eigenvalue weighted by Gasteiger charge is -2.08. The van der Waals surface area contributed by atoms with Crippen LogP contribution in [-0.4, -0.2) is 15.5 Å². The minimum absolute atomic E-state index is 0.127. The SMILES string of the molecule is COc1ccc(S(=O)(=O)Cc2ccc(Br)cc2N)cc1. The summed E-state index contributed by atoms with van der Waals surface area (Å²) in [6, 6.07) is 11.5. The second kappa shape index (κ2) is 5.85. The van der Waals surface area contributed by atoms with E-state index in [4.69, 9.17) is 10.5 Å². The van der Waals surface area contributed by atoms with E-state index in [1.165, 1.54) is 19.2 Å². The zero-order valence-electron chi connectivity index (χ0n) is 10.8. The van der Waals surface area contributed by atoms with Gasteiger partial charge in [-0.2, -0.15) is 0 Å². The molecule has 0 saturated heterocycles.